The first-order valence-electron chi connectivity index (χ1n) is 28.1. The summed E-state index contributed by atoms with van der Waals surface area (Å²) >= 11 is 0. The molecule has 28 heteroatoms. The number of pyridine rings is 1. The Bertz CT molecular complexity index is 3550. The molecule has 0 saturated carbocycles. The maximum atomic E-state index is 15.5. The van der Waals surface area contributed by atoms with E-state index in [0.29, 0.717) is 51.7 Å². The van der Waals surface area contributed by atoms with E-state index in [1.807, 2.05) is 0 Å². The van der Waals surface area contributed by atoms with E-state index in [2.05, 4.69) is 42.5 Å². The lowest BCUT2D eigenvalue weighted by Crippen LogP contribution is -2.53. The summed E-state index contributed by atoms with van der Waals surface area (Å²) in [4.78, 5) is 166. The Morgan fingerprint density at radius 1 is 0.747 bits per heavy atom. The van der Waals surface area contributed by atoms with E-state index in [1.165, 1.54) is 10.6 Å². The summed E-state index contributed by atoms with van der Waals surface area (Å²) in [6.07, 6.45) is 1.42. The van der Waals surface area contributed by atoms with Crippen LogP contribution in [0.25, 0.3) is 22.0 Å². The van der Waals surface area contributed by atoms with Gasteiger partial charge in [0.2, 0.25) is 47.3 Å². The van der Waals surface area contributed by atoms with Gasteiger partial charge in [-0.3, -0.25) is 62.4 Å². The second-order valence-electron chi connectivity index (χ2n) is 21.1. The summed E-state index contributed by atoms with van der Waals surface area (Å²) in [5.41, 5.74) is 2.07. The number of benzene rings is 3. The van der Waals surface area contributed by atoms with Crippen LogP contribution < -0.4 is 48.1 Å². The topological polar surface area (TPSA) is 385 Å². The molecule has 0 saturated heterocycles. The molecule has 0 fully saturated rings. The quantitative estimate of drug-likeness (QED) is 0.0157. The number of rotatable bonds is 28. The monoisotopic (exact) mass is 1200 g/mol. The van der Waals surface area contributed by atoms with Gasteiger partial charge in [0.25, 0.3) is 17.4 Å². The second-order valence-corrected chi connectivity index (χ2v) is 21.1. The fourth-order valence-corrected chi connectivity index (χ4v) is 10.8. The largest absolute Gasteiger partial charge is 0.481 e. The Hall–Kier alpha value is -9.70. The molecule has 1 aromatic heterocycles. The number of carboxylic acids is 1. The maximum Gasteiger partial charge on any atom is 0.343 e. The van der Waals surface area contributed by atoms with Gasteiger partial charge in [-0.15, -0.1) is 0 Å². The van der Waals surface area contributed by atoms with Crippen molar-refractivity contribution in [3.05, 3.63) is 116 Å². The van der Waals surface area contributed by atoms with Crippen molar-refractivity contribution in [1.82, 2.24) is 52.0 Å². The number of hydrogen-bond donors (Lipinski definition) is 10. The molecule has 27 nitrogen and oxygen atoms in total. The van der Waals surface area contributed by atoms with Gasteiger partial charge in [-0.05, 0) is 83.0 Å². The number of esters is 1. The molecule has 0 spiro atoms. The molecule has 1 aliphatic carbocycles. The molecule has 10 amide bonds. The van der Waals surface area contributed by atoms with Crippen molar-refractivity contribution >= 4 is 81.8 Å². The van der Waals surface area contributed by atoms with Gasteiger partial charge in [0, 0.05) is 68.6 Å². The molecule has 10 N–H and O–H groups in total. The fraction of sp³-hybridized carbons (Fsp3) is 0.407. The Kier molecular flexibility index (Phi) is 20.4. The number of aliphatic carboxylic acids is 1. The first kappa shape index (κ1) is 63.3. The van der Waals surface area contributed by atoms with Crippen LogP contribution in [0.4, 0.5) is 4.39 Å². The highest BCUT2D eigenvalue weighted by Gasteiger charge is 2.46. The van der Waals surface area contributed by atoms with Crippen LogP contribution in [0.5, 0.6) is 0 Å². The van der Waals surface area contributed by atoms with Gasteiger partial charge >= 0.3 is 11.9 Å². The van der Waals surface area contributed by atoms with Gasteiger partial charge in [0.05, 0.1) is 63.1 Å². The standard InChI is InChI=1S/C59H65FN10O17/c1-3-59(85)38-24-43-35-22-33-23-39(60)31(2)34-9-10-40(54(53(33)34)36(35)29-70(43)57(83)37(38)30-87-58(59)84)66-45(72)13-16-61-47(74)26-64-55(81)41(21-32-7-5-4-6-8-32)68-49(76)28-63-48(75)27-65-56(82)42(25-52(79)80)67-46(73)15-19-86-20-17-62-44(71)14-18-69-50(77)11-12-51(69)78/h4-8,11-12,22-24,40-42,85H,3,9-10,13-21,25-30H2,1-2H3,(H,61,74)(H,62,71)(H,63,75)(H,64,81)(H,65,82)(H,66,72)(H,67,73)(H,68,76)(H,79,80)/t40-,41-,42-,59-/m0/s1. The number of ether oxygens (including phenoxy) is 2. The predicted molar refractivity (Wildman–Crippen MR) is 302 cm³/mol. The van der Waals surface area contributed by atoms with Crippen LogP contribution in [-0.2, 0) is 98.6 Å². The van der Waals surface area contributed by atoms with Gasteiger partial charge < -0.3 is 66.8 Å². The molecule has 460 valence electrons. The third kappa shape index (κ3) is 15.0. The summed E-state index contributed by atoms with van der Waals surface area (Å²) in [6, 6.07) is 9.87. The lowest BCUT2D eigenvalue weighted by atomic mass is 9.79. The number of nitrogens with one attached hydrogen (secondary N) is 8. The molecule has 87 heavy (non-hydrogen) atoms. The van der Waals surface area contributed by atoms with E-state index >= 15 is 4.39 Å². The third-order valence-corrected chi connectivity index (χ3v) is 15.3. The highest BCUT2D eigenvalue weighted by atomic mass is 19.1. The average molecular weight is 1210 g/mol. The minimum atomic E-state index is -2.05. The molecule has 0 unspecified atom stereocenters. The number of carbonyl (C=O) groups excluding carboxylic acids is 11. The van der Waals surface area contributed by atoms with Crippen molar-refractivity contribution in [2.24, 2.45) is 0 Å². The van der Waals surface area contributed by atoms with Crippen LogP contribution in [0.3, 0.4) is 0 Å². The number of aliphatic hydroxyl groups is 1. The normalized spacial score (nSPS) is 16.8. The van der Waals surface area contributed by atoms with Crippen molar-refractivity contribution in [3.8, 4) is 11.3 Å². The number of carboxylic acid groups (broad SMARTS) is 1. The van der Waals surface area contributed by atoms with Crippen LogP contribution in [0, 0.1) is 12.7 Å². The zero-order valence-electron chi connectivity index (χ0n) is 47.5. The Labute approximate surface area is 495 Å². The van der Waals surface area contributed by atoms with E-state index in [4.69, 9.17) is 9.47 Å². The van der Waals surface area contributed by atoms with Crippen molar-refractivity contribution in [2.45, 2.75) is 102 Å². The van der Waals surface area contributed by atoms with Gasteiger partial charge in [0.1, 0.15) is 24.5 Å². The summed E-state index contributed by atoms with van der Waals surface area (Å²) in [5, 5.41) is 42.0. The van der Waals surface area contributed by atoms with Gasteiger partial charge in [-0.2, -0.15) is 0 Å². The van der Waals surface area contributed by atoms with E-state index in [-0.39, 0.29) is 89.2 Å². The number of amides is 10. The Balaban J connectivity index is 0.780. The van der Waals surface area contributed by atoms with Crippen molar-refractivity contribution in [1.29, 1.82) is 0 Å². The van der Waals surface area contributed by atoms with Crippen molar-refractivity contribution in [2.75, 3.05) is 52.5 Å². The summed E-state index contributed by atoms with van der Waals surface area (Å²) in [5.74, 6) is -9.66. The number of carbonyl (C=O) groups is 12. The summed E-state index contributed by atoms with van der Waals surface area (Å²) in [7, 11) is 0. The smallest absolute Gasteiger partial charge is 0.343 e. The molecule has 4 atom stereocenters. The second kappa shape index (κ2) is 28.0. The average Bonchev–Trinajstić information content (AvgIpc) is 1.64. The number of aryl methyl sites for hydroxylation is 1. The van der Waals surface area contributed by atoms with Crippen LogP contribution in [0.15, 0.2) is 65.5 Å². The molecular weight excluding hydrogens is 1140 g/mol. The predicted octanol–water partition coefficient (Wildman–Crippen LogP) is -1.38. The number of aromatic nitrogens is 1. The minimum absolute atomic E-state index is 0.0297. The number of cyclic esters (lactones) is 1. The molecule has 3 aromatic carbocycles. The number of fused-ring (bicyclic) bond motifs is 5. The van der Waals surface area contributed by atoms with E-state index in [9.17, 15) is 72.5 Å². The molecule has 4 heterocycles. The van der Waals surface area contributed by atoms with E-state index < -0.39 is 132 Å². The number of halogens is 1. The van der Waals surface area contributed by atoms with Crippen LogP contribution in [0.2, 0.25) is 0 Å². The molecular formula is C59H65FN10O17. The lowest BCUT2D eigenvalue weighted by Gasteiger charge is -2.31. The highest BCUT2D eigenvalue weighted by Crippen LogP contribution is 2.47. The molecule has 0 bridgehead atoms. The van der Waals surface area contributed by atoms with Crippen LogP contribution >= 0.6 is 0 Å². The number of hydrogen-bond acceptors (Lipinski definition) is 16. The zero-order valence-corrected chi connectivity index (χ0v) is 47.5. The Morgan fingerprint density at radius 3 is 2.11 bits per heavy atom. The fourth-order valence-electron chi connectivity index (χ4n) is 10.8. The zero-order chi connectivity index (χ0) is 62.7. The molecule has 3 aliphatic heterocycles. The first-order valence-corrected chi connectivity index (χ1v) is 28.1. The maximum absolute atomic E-state index is 15.5. The van der Waals surface area contributed by atoms with Crippen LogP contribution in [0.1, 0.15) is 90.4 Å². The minimum Gasteiger partial charge on any atom is -0.481 e. The number of imide groups is 1. The molecule has 4 aliphatic rings. The number of nitrogens with zero attached hydrogens (tertiary/aromatic N) is 2. The van der Waals surface area contributed by atoms with E-state index in [1.54, 1.807) is 56.3 Å². The van der Waals surface area contributed by atoms with Gasteiger partial charge in [0.15, 0.2) is 5.60 Å². The van der Waals surface area contributed by atoms with Crippen LogP contribution in [-0.4, -0.2) is 155 Å². The van der Waals surface area contributed by atoms with Gasteiger partial charge in [-0.25, -0.2) is 9.18 Å². The molecule has 4 aromatic rings. The SMILES string of the molecule is CC[C@@]1(O)C(=O)OCc2c1cc1n(c2=O)Cc2c-1cc1cc(F)c(C)c3c1c2[C@@H](NC(=O)CCNC(=O)CNC(=O)[C@H](Cc1ccccc1)NC(=O)CNC(=O)CNC(=O)[C@H](CC(=O)O)NC(=O)CCOCCNC(=O)CCN1C(=O)C=CC1=O)CC3. The van der Waals surface area contributed by atoms with Gasteiger partial charge in [-0.1, -0.05) is 37.3 Å². The highest BCUT2D eigenvalue weighted by molar-refractivity contribution is 6.13. The molecule has 0 radical (unpaired) electrons. The first-order chi connectivity index (χ1) is 41.6. The third-order valence-electron chi connectivity index (χ3n) is 15.3. The van der Waals surface area contributed by atoms with Crippen molar-refractivity contribution in [3.63, 3.8) is 0 Å². The Morgan fingerprint density at radius 2 is 1.41 bits per heavy atom. The molecule has 8 rings (SSSR count). The summed E-state index contributed by atoms with van der Waals surface area (Å²) < 4.78 is 27.5. The summed E-state index contributed by atoms with van der Waals surface area (Å²) in [6.45, 7) is 0.636. The lowest BCUT2D eigenvalue weighted by molar-refractivity contribution is -0.172. The van der Waals surface area contributed by atoms with Crippen molar-refractivity contribution < 1.29 is 81.6 Å². The van der Waals surface area contributed by atoms with E-state index in [0.717, 1.165) is 28.0 Å².